The fourth-order valence-electron chi connectivity index (χ4n) is 2.66. The molecule has 1 aromatic rings. The average molecular weight is 451 g/mol. The Hall–Kier alpha value is -0.940. The Morgan fingerprint density at radius 2 is 2.25 bits per heavy atom. The van der Waals surface area contributed by atoms with E-state index < -0.39 is 0 Å². The first kappa shape index (κ1) is 21.1. The molecule has 0 aliphatic carbocycles. The molecule has 2 rings (SSSR count). The molecule has 138 valence electrons. The smallest absolute Gasteiger partial charge is 0.191 e. The third-order valence-corrected chi connectivity index (χ3v) is 3.81. The molecule has 2 N–H and O–H groups in total. The van der Waals surface area contributed by atoms with Gasteiger partial charge in [-0.25, -0.2) is 9.67 Å². The summed E-state index contributed by atoms with van der Waals surface area (Å²) in [5.41, 5.74) is 0. The highest BCUT2D eigenvalue weighted by molar-refractivity contribution is 14.0. The van der Waals surface area contributed by atoms with Crippen LogP contribution in [0.1, 0.15) is 24.5 Å². The number of halogens is 1. The monoisotopic (exact) mass is 451 g/mol. The Kier molecular flexibility index (Phi) is 9.52. The molecule has 1 unspecified atom stereocenters. The zero-order chi connectivity index (χ0) is 16.7. The molecular weight excluding hydrogens is 421 g/mol. The number of aliphatic imine (C=N–C) groups is 1. The van der Waals surface area contributed by atoms with Gasteiger partial charge in [-0.2, -0.15) is 5.10 Å². The van der Waals surface area contributed by atoms with Crippen molar-refractivity contribution in [3.8, 4) is 0 Å². The minimum absolute atomic E-state index is 0. The Balaban J connectivity index is 0.00000288. The summed E-state index contributed by atoms with van der Waals surface area (Å²) in [6.07, 6.45) is 3.04. The van der Waals surface area contributed by atoms with Crippen LogP contribution in [-0.4, -0.2) is 73.0 Å². The van der Waals surface area contributed by atoms with Crippen LogP contribution in [0.15, 0.2) is 4.99 Å². The molecule has 1 aliphatic heterocycles. The van der Waals surface area contributed by atoms with Crippen LogP contribution >= 0.6 is 24.0 Å². The zero-order valence-corrected chi connectivity index (χ0v) is 17.4. The summed E-state index contributed by atoms with van der Waals surface area (Å²) in [6.45, 7) is 3.26. The molecule has 0 aromatic carbocycles. The normalized spacial score (nSPS) is 17.4. The number of rotatable bonds is 7. The van der Waals surface area contributed by atoms with Crippen LogP contribution in [0, 0.1) is 0 Å². The molecule has 0 radical (unpaired) electrons. The van der Waals surface area contributed by atoms with Gasteiger partial charge in [0.25, 0.3) is 0 Å². The summed E-state index contributed by atoms with van der Waals surface area (Å²) >= 11 is 0. The molecule has 0 saturated carbocycles. The molecule has 0 spiro atoms. The highest BCUT2D eigenvalue weighted by atomic mass is 127. The van der Waals surface area contributed by atoms with Crippen LogP contribution in [0.2, 0.25) is 0 Å². The van der Waals surface area contributed by atoms with Gasteiger partial charge in [-0.3, -0.25) is 4.99 Å². The van der Waals surface area contributed by atoms with Crippen LogP contribution in [0.25, 0.3) is 0 Å². The highest BCUT2D eigenvalue weighted by Gasteiger charge is 2.22. The van der Waals surface area contributed by atoms with E-state index in [0.29, 0.717) is 12.6 Å². The number of guanidine groups is 1. The molecule has 1 atom stereocenters. The largest absolute Gasteiger partial charge is 0.377 e. The van der Waals surface area contributed by atoms with E-state index in [-0.39, 0.29) is 24.0 Å². The van der Waals surface area contributed by atoms with E-state index in [0.717, 1.165) is 56.5 Å². The second-order valence-corrected chi connectivity index (χ2v) is 6.10. The van der Waals surface area contributed by atoms with Crippen molar-refractivity contribution < 1.29 is 4.74 Å². The SMILES string of the molecule is CN=C(NCCCN(C)C)NC1CCc2nc(COC)nn2C1.I. The molecule has 8 nitrogen and oxygen atoms in total. The van der Waals surface area contributed by atoms with Gasteiger partial charge in [0.1, 0.15) is 12.4 Å². The standard InChI is InChI=1S/C15H29N7O.HI/c1-16-15(17-8-5-9-21(2)3)18-12-6-7-14-19-13(11-23-4)20-22(14)10-12;/h12H,5-11H2,1-4H3,(H2,16,17,18);1H. The van der Waals surface area contributed by atoms with Crippen LogP contribution in [0.3, 0.4) is 0 Å². The van der Waals surface area contributed by atoms with E-state index in [9.17, 15) is 0 Å². The van der Waals surface area contributed by atoms with Gasteiger partial charge in [-0.1, -0.05) is 0 Å². The fraction of sp³-hybridized carbons (Fsp3) is 0.800. The number of nitrogens with zero attached hydrogens (tertiary/aromatic N) is 5. The maximum absolute atomic E-state index is 5.10. The Bertz CT molecular complexity index is 518. The van der Waals surface area contributed by atoms with Gasteiger partial charge in [0.05, 0.1) is 6.54 Å². The lowest BCUT2D eigenvalue weighted by Gasteiger charge is -2.25. The van der Waals surface area contributed by atoms with Gasteiger partial charge in [-0.15, -0.1) is 24.0 Å². The second kappa shape index (κ2) is 10.8. The first-order chi connectivity index (χ1) is 11.1. The number of hydrogen-bond acceptors (Lipinski definition) is 5. The molecular formula is C15H30IN7O. The van der Waals surface area contributed by atoms with Gasteiger partial charge < -0.3 is 20.3 Å². The van der Waals surface area contributed by atoms with Gasteiger partial charge in [0.2, 0.25) is 0 Å². The lowest BCUT2D eigenvalue weighted by molar-refractivity contribution is 0.177. The topological polar surface area (TPSA) is 79.6 Å². The maximum Gasteiger partial charge on any atom is 0.191 e. The molecule has 0 saturated heterocycles. The molecule has 24 heavy (non-hydrogen) atoms. The van der Waals surface area contributed by atoms with E-state index in [4.69, 9.17) is 4.74 Å². The summed E-state index contributed by atoms with van der Waals surface area (Å²) in [6, 6.07) is 0.319. The predicted octanol–water partition coefficient (Wildman–Crippen LogP) is 0.474. The van der Waals surface area contributed by atoms with E-state index in [1.165, 1.54) is 0 Å². The third kappa shape index (κ3) is 6.52. The first-order valence-corrected chi connectivity index (χ1v) is 8.15. The van der Waals surface area contributed by atoms with Crippen molar-refractivity contribution >= 4 is 29.9 Å². The maximum atomic E-state index is 5.10. The van der Waals surface area contributed by atoms with E-state index in [1.54, 1.807) is 7.11 Å². The van der Waals surface area contributed by atoms with Crippen molar-refractivity contribution in [2.24, 2.45) is 4.99 Å². The van der Waals surface area contributed by atoms with E-state index in [1.807, 2.05) is 11.7 Å². The van der Waals surface area contributed by atoms with Gasteiger partial charge in [0.15, 0.2) is 11.8 Å². The predicted molar refractivity (Wildman–Crippen MR) is 106 cm³/mol. The molecule has 9 heteroatoms. The summed E-state index contributed by atoms with van der Waals surface area (Å²) < 4.78 is 7.08. The van der Waals surface area contributed by atoms with Crippen molar-refractivity contribution in [3.63, 3.8) is 0 Å². The number of aromatic nitrogens is 3. The summed E-state index contributed by atoms with van der Waals surface area (Å²) in [4.78, 5) is 11.0. The van der Waals surface area contributed by atoms with Crippen molar-refractivity contribution in [2.45, 2.75) is 38.5 Å². The van der Waals surface area contributed by atoms with Gasteiger partial charge in [-0.05, 0) is 33.5 Å². The Morgan fingerprint density at radius 1 is 1.46 bits per heavy atom. The molecule has 0 amide bonds. The zero-order valence-electron chi connectivity index (χ0n) is 15.1. The summed E-state index contributed by atoms with van der Waals surface area (Å²) in [5, 5.41) is 11.3. The van der Waals surface area contributed by atoms with E-state index >= 15 is 0 Å². The van der Waals surface area contributed by atoms with Crippen LogP contribution in [0.5, 0.6) is 0 Å². The molecule has 1 aliphatic rings. The molecule has 1 aromatic heterocycles. The second-order valence-electron chi connectivity index (χ2n) is 6.10. The van der Waals surface area contributed by atoms with Gasteiger partial charge in [0, 0.05) is 33.2 Å². The van der Waals surface area contributed by atoms with Crippen LogP contribution < -0.4 is 10.6 Å². The third-order valence-electron chi connectivity index (χ3n) is 3.81. The minimum atomic E-state index is 0. The fourth-order valence-corrected chi connectivity index (χ4v) is 2.66. The van der Waals surface area contributed by atoms with Crippen molar-refractivity contribution in [1.29, 1.82) is 0 Å². The van der Waals surface area contributed by atoms with Crippen molar-refractivity contribution in [3.05, 3.63) is 11.6 Å². The van der Waals surface area contributed by atoms with E-state index in [2.05, 4.69) is 44.7 Å². The van der Waals surface area contributed by atoms with Gasteiger partial charge >= 0.3 is 0 Å². The number of aryl methyl sites for hydroxylation is 1. The van der Waals surface area contributed by atoms with Crippen molar-refractivity contribution in [2.75, 3.05) is 41.3 Å². The summed E-state index contributed by atoms with van der Waals surface area (Å²) in [7, 11) is 7.64. The Morgan fingerprint density at radius 3 is 2.92 bits per heavy atom. The number of methoxy groups -OCH3 is 1. The number of fused-ring (bicyclic) bond motifs is 1. The van der Waals surface area contributed by atoms with Crippen LogP contribution in [-0.2, 0) is 24.3 Å². The number of nitrogens with one attached hydrogen (secondary N) is 2. The first-order valence-electron chi connectivity index (χ1n) is 8.15. The molecule has 0 bridgehead atoms. The lowest BCUT2D eigenvalue weighted by Crippen LogP contribution is -2.47. The summed E-state index contributed by atoms with van der Waals surface area (Å²) in [5.74, 6) is 2.66. The molecule has 0 fully saturated rings. The minimum Gasteiger partial charge on any atom is -0.377 e. The number of ether oxygens (including phenoxy) is 1. The average Bonchev–Trinajstić information content (AvgIpc) is 2.92. The quantitative estimate of drug-likeness (QED) is 0.272. The Labute approximate surface area is 161 Å². The number of hydrogen-bond donors (Lipinski definition) is 2. The van der Waals surface area contributed by atoms with Crippen LogP contribution in [0.4, 0.5) is 0 Å². The lowest BCUT2D eigenvalue weighted by atomic mass is 10.1. The molecule has 2 heterocycles. The van der Waals surface area contributed by atoms with Crippen molar-refractivity contribution in [1.82, 2.24) is 30.3 Å². The highest BCUT2D eigenvalue weighted by Crippen LogP contribution is 2.13.